The summed E-state index contributed by atoms with van der Waals surface area (Å²) in [5.41, 5.74) is 0.454. The number of hydrogen-bond acceptors (Lipinski definition) is 6. The Bertz CT molecular complexity index is 957. The Hall–Kier alpha value is -2.31. The molecular formula is C19H22F3N3O4S2. The number of halogens is 3. The van der Waals surface area contributed by atoms with Crippen LogP contribution in [0.15, 0.2) is 53.6 Å². The molecular weight excluding hydrogens is 455 g/mol. The fraction of sp³-hybridized carbons (Fsp3) is 0.368. The topological polar surface area (TPSA) is 97.4 Å². The standard InChI is InChI=1S/C19H22F3N3O4S2/c1-30-10-8-16(25-31(27,28)15-5-3-2-4-6-15)18(26)24-12-14-7-9-23-17(11-14)29-13-19(20,21)22/h2-7,9,11,16,25H,8,10,12-13H2,1H3,(H,24,26). The van der Waals surface area contributed by atoms with E-state index in [4.69, 9.17) is 0 Å². The number of nitrogens with zero attached hydrogens (tertiary/aromatic N) is 1. The van der Waals surface area contributed by atoms with E-state index in [1.807, 2.05) is 6.26 Å². The molecule has 0 aliphatic heterocycles. The number of pyridine rings is 1. The molecule has 0 aliphatic rings. The summed E-state index contributed by atoms with van der Waals surface area (Å²) in [5.74, 6) is -0.240. The van der Waals surface area contributed by atoms with Crippen LogP contribution >= 0.6 is 11.8 Å². The zero-order chi connectivity index (χ0) is 22.9. The number of sulfonamides is 1. The summed E-state index contributed by atoms with van der Waals surface area (Å²) in [5, 5.41) is 2.60. The number of ether oxygens (including phenoxy) is 1. The molecule has 31 heavy (non-hydrogen) atoms. The first-order valence-electron chi connectivity index (χ1n) is 9.09. The number of carbonyl (C=O) groups is 1. The Morgan fingerprint density at radius 3 is 2.58 bits per heavy atom. The average molecular weight is 478 g/mol. The fourth-order valence-corrected chi connectivity index (χ4v) is 4.16. The van der Waals surface area contributed by atoms with Crippen LogP contribution in [0.2, 0.25) is 0 Å². The Morgan fingerprint density at radius 1 is 1.23 bits per heavy atom. The van der Waals surface area contributed by atoms with Crippen LogP contribution in [0.4, 0.5) is 13.2 Å². The van der Waals surface area contributed by atoms with Gasteiger partial charge in [-0.2, -0.15) is 29.7 Å². The summed E-state index contributed by atoms with van der Waals surface area (Å²) in [6, 6.07) is 9.44. The van der Waals surface area contributed by atoms with Crippen LogP contribution in [0, 0.1) is 0 Å². The van der Waals surface area contributed by atoms with Gasteiger partial charge in [0.2, 0.25) is 21.8 Å². The van der Waals surface area contributed by atoms with Crippen molar-refractivity contribution in [3.8, 4) is 5.88 Å². The number of benzene rings is 1. The van der Waals surface area contributed by atoms with Crippen LogP contribution in [-0.4, -0.2) is 50.1 Å². The Balaban J connectivity index is 2.02. The molecule has 1 atom stereocenters. The molecule has 170 valence electrons. The first-order valence-corrected chi connectivity index (χ1v) is 12.0. The molecule has 0 saturated heterocycles. The van der Waals surface area contributed by atoms with Gasteiger partial charge >= 0.3 is 6.18 Å². The maximum Gasteiger partial charge on any atom is 0.422 e. The van der Waals surface area contributed by atoms with E-state index in [2.05, 4.69) is 19.8 Å². The van der Waals surface area contributed by atoms with Gasteiger partial charge < -0.3 is 10.1 Å². The second-order valence-electron chi connectivity index (χ2n) is 6.39. The molecule has 1 amide bonds. The minimum Gasteiger partial charge on any atom is -0.468 e. The van der Waals surface area contributed by atoms with E-state index in [0.717, 1.165) is 0 Å². The minimum atomic E-state index is -4.49. The molecule has 0 aliphatic carbocycles. The summed E-state index contributed by atoms with van der Waals surface area (Å²) in [7, 11) is -3.90. The third-order valence-electron chi connectivity index (χ3n) is 3.93. The second kappa shape index (κ2) is 11.3. The minimum absolute atomic E-state index is 0.0352. The van der Waals surface area contributed by atoms with E-state index >= 15 is 0 Å². The molecule has 2 N–H and O–H groups in total. The smallest absolute Gasteiger partial charge is 0.422 e. The maximum atomic E-state index is 12.6. The Kier molecular flexibility index (Phi) is 9.14. The number of nitrogens with one attached hydrogen (secondary N) is 2. The van der Waals surface area contributed by atoms with Crippen molar-refractivity contribution >= 4 is 27.7 Å². The van der Waals surface area contributed by atoms with Crippen LogP contribution in [0.5, 0.6) is 5.88 Å². The lowest BCUT2D eigenvalue weighted by Crippen LogP contribution is -2.46. The van der Waals surface area contributed by atoms with E-state index in [1.165, 1.54) is 42.2 Å². The number of hydrogen-bond donors (Lipinski definition) is 2. The normalized spacial score (nSPS) is 12.9. The van der Waals surface area contributed by atoms with Gasteiger partial charge in [-0.1, -0.05) is 18.2 Å². The largest absolute Gasteiger partial charge is 0.468 e. The molecule has 0 saturated carbocycles. The molecule has 2 aromatic rings. The molecule has 0 radical (unpaired) electrons. The molecule has 2 rings (SSSR count). The molecule has 1 aromatic carbocycles. The quantitative estimate of drug-likeness (QED) is 0.517. The molecule has 7 nitrogen and oxygen atoms in total. The van der Waals surface area contributed by atoms with Gasteiger partial charge in [0.05, 0.1) is 4.90 Å². The summed E-state index contributed by atoms with van der Waals surface area (Å²) in [6.45, 7) is -1.51. The number of aromatic nitrogens is 1. The van der Waals surface area contributed by atoms with Gasteiger partial charge in [-0.25, -0.2) is 13.4 Å². The highest BCUT2D eigenvalue weighted by atomic mass is 32.2. The predicted molar refractivity (Wildman–Crippen MR) is 111 cm³/mol. The molecule has 1 unspecified atom stereocenters. The van der Waals surface area contributed by atoms with Gasteiger partial charge in [-0.15, -0.1) is 0 Å². The van der Waals surface area contributed by atoms with Crippen molar-refractivity contribution in [1.29, 1.82) is 0 Å². The number of alkyl halides is 3. The van der Waals surface area contributed by atoms with E-state index < -0.39 is 34.8 Å². The van der Waals surface area contributed by atoms with Gasteiger partial charge in [-0.05, 0) is 42.2 Å². The summed E-state index contributed by atoms with van der Waals surface area (Å²) in [4.78, 5) is 16.4. The van der Waals surface area contributed by atoms with Gasteiger partial charge in [-0.3, -0.25) is 4.79 Å². The maximum absolute atomic E-state index is 12.6. The van der Waals surface area contributed by atoms with Crippen LogP contribution in [0.25, 0.3) is 0 Å². The average Bonchev–Trinajstić information content (AvgIpc) is 2.74. The van der Waals surface area contributed by atoms with Crippen molar-refractivity contribution in [1.82, 2.24) is 15.0 Å². The monoisotopic (exact) mass is 477 g/mol. The second-order valence-corrected chi connectivity index (χ2v) is 9.09. The number of rotatable bonds is 11. The zero-order valence-electron chi connectivity index (χ0n) is 16.6. The van der Waals surface area contributed by atoms with Crippen molar-refractivity contribution in [2.24, 2.45) is 0 Å². The van der Waals surface area contributed by atoms with Crippen LogP contribution < -0.4 is 14.8 Å². The third-order valence-corrected chi connectivity index (χ3v) is 6.06. The lowest BCUT2D eigenvalue weighted by Gasteiger charge is -2.18. The van der Waals surface area contributed by atoms with E-state index in [1.54, 1.807) is 18.2 Å². The summed E-state index contributed by atoms with van der Waals surface area (Å²) in [6.07, 6.45) is -1.14. The molecule has 0 spiro atoms. The molecule has 0 bridgehead atoms. The molecule has 12 heteroatoms. The number of amides is 1. The van der Waals surface area contributed by atoms with Crippen molar-refractivity contribution in [3.63, 3.8) is 0 Å². The van der Waals surface area contributed by atoms with Crippen molar-refractivity contribution in [2.45, 2.75) is 30.1 Å². The van der Waals surface area contributed by atoms with Crippen LogP contribution in [-0.2, 0) is 21.4 Å². The Morgan fingerprint density at radius 2 is 1.94 bits per heavy atom. The number of thioether (sulfide) groups is 1. The highest BCUT2D eigenvalue weighted by Crippen LogP contribution is 2.17. The van der Waals surface area contributed by atoms with E-state index in [0.29, 0.717) is 11.3 Å². The van der Waals surface area contributed by atoms with Crippen LogP contribution in [0.1, 0.15) is 12.0 Å². The Labute approximate surface area is 182 Å². The first kappa shape index (κ1) is 25.0. The third kappa shape index (κ3) is 8.75. The highest BCUT2D eigenvalue weighted by Gasteiger charge is 2.29. The van der Waals surface area contributed by atoms with Gasteiger partial charge in [0.25, 0.3) is 0 Å². The highest BCUT2D eigenvalue weighted by molar-refractivity contribution is 7.98. The fourth-order valence-electron chi connectivity index (χ4n) is 2.44. The van der Waals surface area contributed by atoms with Gasteiger partial charge in [0.1, 0.15) is 6.04 Å². The lowest BCUT2D eigenvalue weighted by atomic mass is 10.2. The number of carbonyl (C=O) groups excluding carboxylic acids is 1. The lowest BCUT2D eigenvalue weighted by molar-refractivity contribution is -0.154. The predicted octanol–water partition coefficient (Wildman–Crippen LogP) is 2.74. The first-order chi connectivity index (χ1) is 14.6. The van der Waals surface area contributed by atoms with Gasteiger partial charge in [0.15, 0.2) is 6.61 Å². The summed E-state index contributed by atoms with van der Waals surface area (Å²) >= 11 is 1.46. The van der Waals surface area contributed by atoms with Crippen molar-refractivity contribution in [2.75, 3.05) is 18.6 Å². The SMILES string of the molecule is CSCCC(NS(=O)(=O)c1ccccc1)C(=O)NCc1ccnc(OCC(F)(F)F)c1. The van der Waals surface area contributed by atoms with Gasteiger partial charge in [0, 0.05) is 18.8 Å². The molecule has 1 aromatic heterocycles. The molecule has 1 heterocycles. The van der Waals surface area contributed by atoms with E-state index in [9.17, 15) is 26.4 Å². The van der Waals surface area contributed by atoms with E-state index in [-0.39, 0.29) is 23.7 Å². The zero-order valence-corrected chi connectivity index (χ0v) is 18.2. The molecule has 0 fully saturated rings. The summed E-state index contributed by atoms with van der Waals surface area (Å²) < 4.78 is 69.0. The van der Waals surface area contributed by atoms with Crippen molar-refractivity contribution < 1.29 is 31.1 Å². The van der Waals surface area contributed by atoms with Crippen molar-refractivity contribution in [3.05, 3.63) is 54.2 Å². The van der Waals surface area contributed by atoms with Crippen LogP contribution in [0.3, 0.4) is 0 Å².